The van der Waals surface area contributed by atoms with Crippen LogP contribution in [0.25, 0.3) is 22.3 Å². The van der Waals surface area contributed by atoms with Crippen molar-refractivity contribution < 1.29 is 4.39 Å². The van der Waals surface area contributed by atoms with E-state index in [4.69, 9.17) is 34.8 Å². The second-order valence-corrected chi connectivity index (χ2v) is 6.38. The van der Waals surface area contributed by atoms with Crippen LogP contribution in [0.5, 0.6) is 0 Å². The molecule has 0 fully saturated rings. The molecule has 0 aliphatic heterocycles. The summed E-state index contributed by atoms with van der Waals surface area (Å²) in [7, 11) is 0. The summed E-state index contributed by atoms with van der Waals surface area (Å²) in [5.74, 6) is -0.0142. The van der Waals surface area contributed by atoms with Crippen LogP contribution in [0.15, 0.2) is 24.3 Å². The molecule has 0 aliphatic carbocycles. The number of hydrogen-bond acceptors (Lipinski definition) is 3. The maximum absolute atomic E-state index is 13.2. The molecule has 0 saturated carbocycles. The van der Waals surface area contributed by atoms with E-state index in [2.05, 4.69) is 9.97 Å². The lowest BCUT2D eigenvalue weighted by Gasteiger charge is -2.03. The van der Waals surface area contributed by atoms with E-state index in [9.17, 15) is 4.39 Å². The van der Waals surface area contributed by atoms with Gasteiger partial charge in [0.1, 0.15) is 15.3 Å². The zero-order valence-electron chi connectivity index (χ0n) is 9.12. The zero-order valence-corrected chi connectivity index (χ0v) is 12.2. The first-order valence-electron chi connectivity index (χ1n) is 5.12. The van der Waals surface area contributed by atoms with Gasteiger partial charge < -0.3 is 0 Å². The Labute approximate surface area is 126 Å². The molecule has 0 amide bonds. The van der Waals surface area contributed by atoms with E-state index in [0.29, 0.717) is 31.0 Å². The Hall–Kier alpha value is -0.940. The van der Waals surface area contributed by atoms with Gasteiger partial charge in [0, 0.05) is 5.39 Å². The maximum atomic E-state index is 13.2. The number of hydrogen-bond donors (Lipinski definition) is 0. The van der Waals surface area contributed by atoms with Gasteiger partial charge in [0.2, 0.25) is 0 Å². The summed E-state index contributed by atoms with van der Waals surface area (Å²) in [6.07, 6.45) is 0. The summed E-state index contributed by atoms with van der Waals surface area (Å²) < 4.78 is 14.2. The van der Waals surface area contributed by atoms with Crippen LogP contribution < -0.4 is 0 Å². The quantitative estimate of drug-likeness (QED) is 0.553. The molecule has 2 aromatic heterocycles. The molecule has 0 saturated heterocycles. The van der Waals surface area contributed by atoms with Gasteiger partial charge in [-0.2, -0.15) is 0 Å². The van der Waals surface area contributed by atoms with Crippen molar-refractivity contribution in [3.63, 3.8) is 0 Å². The van der Waals surface area contributed by atoms with E-state index in [1.165, 1.54) is 23.5 Å². The largest absolute Gasteiger partial charge is 0.228 e. The lowest BCUT2D eigenvalue weighted by molar-refractivity contribution is 0.629. The molecule has 0 atom stereocenters. The first kappa shape index (κ1) is 13.1. The normalized spacial score (nSPS) is 11.2. The van der Waals surface area contributed by atoms with Crippen LogP contribution in [-0.2, 0) is 0 Å². The number of benzene rings is 1. The fourth-order valence-electron chi connectivity index (χ4n) is 1.68. The predicted octanol–water partition coefficient (Wildman–Crippen LogP) is 5.46. The Kier molecular flexibility index (Phi) is 3.35. The summed E-state index contributed by atoms with van der Waals surface area (Å²) in [4.78, 5) is 8.46. The summed E-state index contributed by atoms with van der Waals surface area (Å²) in [5, 5.41) is 0.640. The lowest BCUT2D eigenvalue weighted by Crippen LogP contribution is -1.91. The van der Waals surface area contributed by atoms with Gasteiger partial charge in [-0.25, -0.2) is 14.4 Å². The standard InChI is InChI=1S/C12H4Cl3FN2S/c13-9-4-7(11(15)19-9)12-17-8-2-1-5(16)3-6(8)10(14)18-12/h1-4H. The first-order chi connectivity index (χ1) is 9.04. The van der Waals surface area contributed by atoms with Gasteiger partial charge in [-0.05, 0) is 24.3 Å². The third kappa shape index (κ3) is 2.41. The highest BCUT2D eigenvalue weighted by atomic mass is 35.5. The number of nitrogens with zero attached hydrogens (tertiary/aromatic N) is 2. The minimum Gasteiger partial charge on any atom is -0.228 e. The third-order valence-electron chi connectivity index (χ3n) is 2.51. The number of halogens is 4. The highest BCUT2D eigenvalue weighted by molar-refractivity contribution is 7.20. The van der Waals surface area contributed by atoms with Crippen molar-refractivity contribution in [1.29, 1.82) is 0 Å². The molecule has 0 aliphatic rings. The van der Waals surface area contributed by atoms with Crippen molar-refractivity contribution in [2.45, 2.75) is 0 Å². The summed E-state index contributed by atoms with van der Waals surface area (Å²) >= 11 is 19.2. The minimum absolute atomic E-state index is 0.179. The molecule has 96 valence electrons. The molecule has 3 rings (SSSR count). The number of thiophene rings is 1. The van der Waals surface area contributed by atoms with Gasteiger partial charge in [-0.1, -0.05) is 34.8 Å². The molecule has 2 nitrogen and oxygen atoms in total. The molecular formula is C12H4Cl3FN2S. The van der Waals surface area contributed by atoms with Crippen molar-refractivity contribution in [1.82, 2.24) is 9.97 Å². The molecule has 19 heavy (non-hydrogen) atoms. The second-order valence-electron chi connectivity index (χ2n) is 3.74. The summed E-state index contributed by atoms with van der Waals surface area (Å²) in [5.41, 5.74) is 1.17. The average Bonchev–Trinajstić information content (AvgIpc) is 2.69. The van der Waals surface area contributed by atoms with E-state index in [-0.39, 0.29) is 11.0 Å². The maximum Gasteiger partial charge on any atom is 0.163 e. The van der Waals surface area contributed by atoms with Crippen molar-refractivity contribution in [2.24, 2.45) is 0 Å². The lowest BCUT2D eigenvalue weighted by atomic mass is 10.2. The molecule has 0 radical (unpaired) electrons. The smallest absolute Gasteiger partial charge is 0.163 e. The Morgan fingerprint density at radius 2 is 1.84 bits per heavy atom. The summed E-state index contributed by atoms with van der Waals surface area (Å²) in [6.45, 7) is 0. The van der Waals surface area contributed by atoms with Crippen molar-refractivity contribution in [2.75, 3.05) is 0 Å². The first-order valence-corrected chi connectivity index (χ1v) is 7.07. The van der Waals surface area contributed by atoms with Crippen molar-refractivity contribution in [3.8, 4) is 11.4 Å². The molecule has 0 unspecified atom stereocenters. The highest BCUT2D eigenvalue weighted by Crippen LogP contribution is 2.37. The van der Waals surface area contributed by atoms with Gasteiger partial charge in [-0.3, -0.25) is 0 Å². The topological polar surface area (TPSA) is 25.8 Å². The second kappa shape index (κ2) is 4.87. The molecule has 0 spiro atoms. The minimum atomic E-state index is -0.387. The van der Waals surface area contributed by atoms with Crippen LogP contribution >= 0.6 is 46.1 Å². The fraction of sp³-hybridized carbons (Fsp3) is 0. The van der Waals surface area contributed by atoms with Crippen LogP contribution in [0.3, 0.4) is 0 Å². The monoisotopic (exact) mass is 332 g/mol. The molecule has 2 heterocycles. The number of fused-ring (bicyclic) bond motifs is 1. The molecule has 7 heteroatoms. The third-order valence-corrected chi connectivity index (χ3v) is 4.28. The molecule has 0 bridgehead atoms. The molecule has 3 aromatic rings. The molecule has 0 N–H and O–H groups in total. The van der Waals surface area contributed by atoms with Crippen LogP contribution in [0.2, 0.25) is 13.8 Å². The average molecular weight is 334 g/mol. The van der Waals surface area contributed by atoms with E-state index >= 15 is 0 Å². The zero-order chi connectivity index (χ0) is 13.6. The SMILES string of the molecule is Fc1ccc2nc(-c3cc(Cl)sc3Cl)nc(Cl)c2c1. The van der Waals surface area contributed by atoms with Gasteiger partial charge in [-0.15, -0.1) is 11.3 Å². The Balaban J connectivity index is 2.26. The van der Waals surface area contributed by atoms with Crippen molar-refractivity contribution >= 4 is 57.0 Å². The number of aromatic nitrogens is 2. The molecular weight excluding hydrogens is 330 g/mol. The Bertz CT molecular complexity index is 788. The highest BCUT2D eigenvalue weighted by Gasteiger charge is 2.14. The van der Waals surface area contributed by atoms with E-state index in [1.807, 2.05) is 0 Å². The van der Waals surface area contributed by atoms with Gasteiger partial charge in [0.15, 0.2) is 5.82 Å². The Morgan fingerprint density at radius 1 is 1.05 bits per heavy atom. The molecule has 1 aromatic carbocycles. The fourth-order valence-corrected chi connectivity index (χ4v) is 3.36. The van der Waals surface area contributed by atoms with Crippen LogP contribution in [-0.4, -0.2) is 9.97 Å². The van der Waals surface area contributed by atoms with Crippen molar-refractivity contribution in [3.05, 3.63) is 43.9 Å². The van der Waals surface area contributed by atoms with Gasteiger partial charge >= 0.3 is 0 Å². The van der Waals surface area contributed by atoms with Crippen LogP contribution in [0, 0.1) is 5.82 Å². The van der Waals surface area contributed by atoms with Crippen LogP contribution in [0.4, 0.5) is 4.39 Å². The van der Waals surface area contributed by atoms with Gasteiger partial charge in [0.25, 0.3) is 0 Å². The number of rotatable bonds is 1. The van der Waals surface area contributed by atoms with E-state index in [1.54, 1.807) is 12.1 Å². The van der Waals surface area contributed by atoms with E-state index < -0.39 is 0 Å². The van der Waals surface area contributed by atoms with Gasteiger partial charge in [0.05, 0.1) is 15.4 Å². The van der Waals surface area contributed by atoms with E-state index in [0.717, 1.165) is 0 Å². The Morgan fingerprint density at radius 3 is 2.53 bits per heavy atom. The van der Waals surface area contributed by atoms with Crippen LogP contribution in [0.1, 0.15) is 0 Å². The predicted molar refractivity (Wildman–Crippen MR) is 77.8 cm³/mol. The summed E-state index contributed by atoms with van der Waals surface area (Å²) in [6, 6.07) is 5.83.